The number of alkyl halides is 3. The monoisotopic (exact) mass is 483 g/mol. The molecule has 2 aromatic carbocycles. The Labute approximate surface area is 199 Å². The third-order valence-electron chi connectivity index (χ3n) is 5.96. The normalized spacial score (nSPS) is 12.4. The van der Waals surface area contributed by atoms with Crippen molar-refractivity contribution in [3.05, 3.63) is 76.1 Å². The van der Waals surface area contributed by atoms with Crippen LogP contribution in [0.3, 0.4) is 0 Å². The number of rotatable bonds is 4. The molecule has 0 radical (unpaired) electrons. The Morgan fingerprint density at radius 1 is 1.09 bits per heavy atom. The molecule has 4 aromatic rings. The summed E-state index contributed by atoms with van der Waals surface area (Å²) in [5.74, 6) is -2.76. The van der Waals surface area contributed by atoms with Gasteiger partial charge >= 0.3 is 12.1 Å². The molecule has 35 heavy (non-hydrogen) atoms. The maximum atomic E-state index is 13.1. The fourth-order valence-electron chi connectivity index (χ4n) is 4.37. The SMILES string of the molecule is CN(C)CCCc1c2c(nc3ccccc13)-c1cc3ccccc3c(=O)n1C2.O=C(O)C(F)(F)F. The van der Waals surface area contributed by atoms with E-state index in [-0.39, 0.29) is 5.56 Å². The van der Waals surface area contributed by atoms with E-state index in [0.717, 1.165) is 47.1 Å². The number of benzene rings is 2. The highest BCUT2D eigenvalue weighted by molar-refractivity contribution is 5.91. The Morgan fingerprint density at radius 2 is 1.71 bits per heavy atom. The fraction of sp³-hybridized carbons (Fsp3) is 0.269. The van der Waals surface area contributed by atoms with E-state index in [1.807, 2.05) is 34.9 Å². The first-order valence-corrected chi connectivity index (χ1v) is 11.1. The van der Waals surface area contributed by atoms with Crippen molar-refractivity contribution < 1.29 is 23.1 Å². The molecule has 9 heteroatoms. The number of fused-ring (bicyclic) bond motifs is 5. The second-order valence-electron chi connectivity index (χ2n) is 8.65. The van der Waals surface area contributed by atoms with Crippen molar-refractivity contribution in [3.63, 3.8) is 0 Å². The van der Waals surface area contributed by atoms with Crippen LogP contribution in [0.5, 0.6) is 0 Å². The van der Waals surface area contributed by atoms with E-state index in [0.29, 0.717) is 6.54 Å². The van der Waals surface area contributed by atoms with Gasteiger partial charge in [0.05, 0.1) is 23.4 Å². The summed E-state index contributed by atoms with van der Waals surface area (Å²) in [6.45, 7) is 1.66. The number of carboxylic acid groups (broad SMARTS) is 1. The number of pyridine rings is 2. The van der Waals surface area contributed by atoms with Gasteiger partial charge in [0.25, 0.3) is 5.56 Å². The number of hydrogen-bond acceptors (Lipinski definition) is 4. The Morgan fingerprint density at radius 3 is 2.37 bits per heavy atom. The van der Waals surface area contributed by atoms with Gasteiger partial charge in [0.15, 0.2) is 0 Å². The molecular weight excluding hydrogens is 459 g/mol. The summed E-state index contributed by atoms with van der Waals surface area (Å²) in [4.78, 5) is 29.2. The minimum atomic E-state index is -5.08. The van der Waals surface area contributed by atoms with Crippen LogP contribution in [0.2, 0.25) is 0 Å². The molecule has 1 aliphatic rings. The van der Waals surface area contributed by atoms with Gasteiger partial charge < -0.3 is 14.6 Å². The second kappa shape index (κ2) is 9.50. The molecule has 0 atom stereocenters. The van der Waals surface area contributed by atoms with Crippen molar-refractivity contribution in [3.8, 4) is 11.4 Å². The van der Waals surface area contributed by atoms with Gasteiger partial charge in [-0.05, 0) is 62.6 Å². The molecule has 5 rings (SSSR count). The third kappa shape index (κ3) is 4.90. The maximum absolute atomic E-state index is 13.1. The summed E-state index contributed by atoms with van der Waals surface area (Å²) in [7, 11) is 4.21. The van der Waals surface area contributed by atoms with Gasteiger partial charge in [-0.25, -0.2) is 9.78 Å². The zero-order chi connectivity index (χ0) is 25.3. The van der Waals surface area contributed by atoms with Crippen molar-refractivity contribution in [2.45, 2.75) is 25.6 Å². The van der Waals surface area contributed by atoms with Gasteiger partial charge in [-0.2, -0.15) is 13.2 Å². The average Bonchev–Trinajstić information content (AvgIpc) is 3.17. The first kappa shape index (κ1) is 24.4. The molecule has 2 aromatic heterocycles. The van der Waals surface area contributed by atoms with Crippen LogP contribution in [0.25, 0.3) is 33.1 Å². The summed E-state index contributed by atoms with van der Waals surface area (Å²) in [6, 6.07) is 18.3. The van der Waals surface area contributed by atoms with E-state index in [9.17, 15) is 18.0 Å². The fourth-order valence-corrected chi connectivity index (χ4v) is 4.37. The van der Waals surface area contributed by atoms with Gasteiger partial charge in [-0.1, -0.05) is 36.4 Å². The van der Waals surface area contributed by atoms with Gasteiger partial charge in [0.1, 0.15) is 0 Å². The summed E-state index contributed by atoms with van der Waals surface area (Å²) >= 11 is 0. The lowest BCUT2D eigenvalue weighted by Gasteiger charge is -2.14. The molecule has 0 saturated heterocycles. The first-order valence-electron chi connectivity index (χ1n) is 11.1. The molecule has 182 valence electrons. The van der Waals surface area contributed by atoms with Crippen LogP contribution < -0.4 is 5.56 Å². The van der Waals surface area contributed by atoms with E-state index < -0.39 is 12.1 Å². The average molecular weight is 483 g/mol. The predicted octanol–water partition coefficient (Wildman–Crippen LogP) is 4.71. The van der Waals surface area contributed by atoms with Crippen LogP contribution in [-0.4, -0.2) is 52.3 Å². The van der Waals surface area contributed by atoms with E-state index >= 15 is 0 Å². The number of nitrogens with zero attached hydrogens (tertiary/aromatic N) is 3. The zero-order valence-corrected chi connectivity index (χ0v) is 19.3. The van der Waals surface area contributed by atoms with Gasteiger partial charge in [-0.15, -0.1) is 0 Å². The molecule has 1 N–H and O–H groups in total. The molecular formula is C26H24F3N3O3. The van der Waals surface area contributed by atoms with E-state index in [2.05, 4.69) is 43.3 Å². The minimum absolute atomic E-state index is 0.0781. The summed E-state index contributed by atoms with van der Waals surface area (Å²) < 4.78 is 33.6. The lowest BCUT2D eigenvalue weighted by atomic mass is 9.96. The summed E-state index contributed by atoms with van der Waals surface area (Å²) in [6.07, 6.45) is -3.01. The topological polar surface area (TPSA) is 75.4 Å². The Bertz CT molecular complexity index is 1480. The molecule has 0 amide bonds. The van der Waals surface area contributed by atoms with Crippen molar-refractivity contribution in [2.75, 3.05) is 20.6 Å². The van der Waals surface area contributed by atoms with Gasteiger partial charge in [0.2, 0.25) is 0 Å². The van der Waals surface area contributed by atoms with E-state index in [4.69, 9.17) is 14.9 Å². The molecule has 1 aliphatic heterocycles. The minimum Gasteiger partial charge on any atom is -0.475 e. The highest BCUT2D eigenvalue weighted by Crippen LogP contribution is 2.36. The van der Waals surface area contributed by atoms with Crippen molar-refractivity contribution in [2.24, 2.45) is 0 Å². The molecule has 0 unspecified atom stereocenters. The van der Waals surface area contributed by atoms with Gasteiger partial charge in [0, 0.05) is 16.3 Å². The molecule has 0 saturated carbocycles. The maximum Gasteiger partial charge on any atom is 0.490 e. The molecule has 3 heterocycles. The van der Waals surface area contributed by atoms with Crippen LogP contribution in [0.4, 0.5) is 13.2 Å². The van der Waals surface area contributed by atoms with Crippen molar-refractivity contribution in [1.82, 2.24) is 14.5 Å². The van der Waals surface area contributed by atoms with Crippen LogP contribution in [0.1, 0.15) is 17.5 Å². The first-order chi connectivity index (χ1) is 16.6. The molecule has 0 bridgehead atoms. The van der Waals surface area contributed by atoms with E-state index in [1.54, 1.807) is 0 Å². The number of para-hydroxylation sites is 1. The quantitative estimate of drug-likeness (QED) is 0.401. The Kier molecular flexibility index (Phi) is 6.62. The van der Waals surface area contributed by atoms with Crippen molar-refractivity contribution >= 4 is 27.6 Å². The number of hydrogen-bond donors (Lipinski definition) is 1. The summed E-state index contributed by atoms with van der Waals surface area (Å²) in [5.41, 5.74) is 5.56. The van der Waals surface area contributed by atoms with Crippen LogP contribution in [-0.2, 0) is 17.8 Å². The number of aliphatic carboxylic acids is 1. The highest BCUT2D eigenvalue weighted by Gasteiger charge is 2.38. The number of halogens is 3. The summed E-state index contributed by atoms with van der Waals surface area (Å²) in [5, 5.41) is 10.1. The lowest BCUT2D eigenvalue weighted by Crippen LogP contribution is -2.21. The van der Waals surface area contributed by atoms with Crippen LogP contribution in [0, 0.1) is 0 Å². The molecule has 0 spiro atoms. The lowest BCUT2D eigenvalue weighted by molar-refractivity contribution is -0.192. The molecule has 0 fully saturated rings. The second-order valence-corrected chi connectivity index (χ2v) is 8.65. The highest BCUT2D eigenvalue weighted by atomic mass is 19.4. The predicted molar refractivity (Wildman–Crippen MR) is 129 cm³/mol. The largest absolute Gasteiger partial charge is 0.490 e. The standard InChI is InChI=1S/C24H23N3O.C2HF3O2/c1-26(2)13-7-11-18-19-10-5-6-12-21(19)25-23-20(18)15-27-22(23)14-16-8-3-4-9-17(16)24(27)28;3-2(4,5)1(6)7/h3-6,8-10,12,14H,7,11,13,15H2,1-2H3;(H,6,7). The third-order valence-corrected chi connectivity index (χ3v) is 5.96. The van der Waals surface area contributed by atoms with Crippen LogP contribution >= 0.6 is 0 Å². The molecule has 6 nitrogen and oxygen atoms in total. The van der Waals surface area contributed by atoms with Crippen LogP contribution in [0.15, 0.2) is 59.4 Å². The Balaban J connectivity index is 0.000000364. The Hall–Kier alpha value is -3.72. The number of aromatic nitrogens is 2. The zero-order valence-electron chi connectivity index (χ0n) is 19.3. The van der Waals surface area contributed by atoms with E-state index in [1.165, 1.54) is 16.5 Å². The van der Waals surface area contributed by atoms with Crippen molar-refractivity contribution in [1.29, 1.82) is 0 Å². The smallest absolute Gasteiger partial charge is 0.475 e. The van der Waals surface area contributed by atoms with Gasteiger partial charge in [-0.3, -0.25) is 4.79 Å². The molecule has 0 aliphatic carbocycles. The number of aryl methyl sites for hydroxylation is 1. The number of carboxylic acids is 1. The number of carbonyl (C=O) groups is 1.